The zero-order valence-electron chi connectivity index (χ0n) is 8.93. The van der Waals surface area contributed by atoms with Gasteiger partial charge in [-0.15, -0.1) is 0 Å². The summed E-state index contributed by atoms with van der Waals surface area (Å²) in [7, 11) is 0. The molecule has 0 saturated heterocycles. The topological polar surface area (TPSA) is 22.1 Å². The fourth-order valence-electron chi connectivity index (χ4n) is 1.40. The number of benzene rings is 1. The van der Waals surface area contributed by atoms with Crippen molar-refractivity contribution >= 4 is 15.9 Å². The number of ether oxygens (including phenoxy) is 1. The number of pyridine rings is 1. The van der Waals surface area contributed by atoms with E-state index >= 15 is 0 Å². The van der Waals surface area contributed by atoms with Gasteiger partial charge in [0.05, 0.1) is 0 Å². The number of rotatable bonds is 3. The minimum absolute atomic E-state index is 0.00278. The minimum Gasteiger partial charge on any atom is -0.470 e. The Labute approximate surface area is 103 Å². The summed E-state index contributed by atoms with van der Waals surface area (Å²) in [6, 6.07) is 13.7. The summed E-state index contributed by atoms with van der Waals surface area (Å²) in [6.45, 7) is 2.01. The molecule has 0 N–H and O–H groups in total. The zero-order chi connectivity index (χ0) is 11.4. The fraction of sp³-hybridized carbons (Fsp3) is 0.154. The summed E-state index contributed by atoms with van der Waals surface area (Å²) in [5.74, 6) is 0.651. The molecular weight excluding hydrogens is 266 g/mol. The Balaban J connectivity index is 2.09. The molecule has 0 fully saturated rings. The van der Waals surface area contributed by atoms with Gasteiger partial charge in [0, 0.05) is 16.7 Å². The molecule has 0 aliphatic carbocycles. The molecule has 1 unspecified atom stereocenters. The lowest BCUT2D eigenvalue weighted by Crippen LogP contribution is -2.03. The number of hydrogen-bond acceptors (Lipinski definition) is 2. The Morgan fingerprint density at radius 1 is 1.12 bits per heavy atom. The number of aromatic nitrogens is 1. The van der Waals surface area contributed by atoms with Crippen molar-refractivity contribution < 1.29 is 4.74 Å². The van der Waals surface area contributed by atoms with E-state index in [0.29, 0.717) is 5.88 Å². The average molecular weight is 278 g/mol. The molecule has 82 valence electrons. The van der Waals surface area contributed by atoms with E-state index in [1.807, 2.05) is 49.4 Å². The van der Waals surface area contributed by atoms with Crippen molar-refractivity contribution in [2.45, 2.75) is 13.0 Å². The van der Waals surface area contributed by atoms with Crippen molar-refractivity contribution in [2.24, 2.45) is 0 Å². The number of halogens is 1. The Morgan fingerprint density at radius 3 is 2.50 bits per heavy atom. The second-order valence-electron chi connectivity index (χ2n) is 3.48. The third kappa shape index (κ3) is 2.83. The maximum Gasteiger partial charge on any atom is 0.213 e. The molecule has 1 aromatic carbocycles. The molecule has 1 heterocycles. The smallest absolute Gasteiger partial charge is 0.213 e. The van der Waals surface area contributed by atoms with Crippen molar-refractivity contribution in [1.29, 1.82) is 0 Å². The van der Waals surface area contributed by atoms with Gasteiger partial charge >= 0.3 is 0 Å². The highest BCUT2D eigenvalue weighted by Crippen LogP contribution is 2.21. The average Bonchev–Trinajstić information content (AvgIpc) is 2.31. The quantitative estimate of drug-likeness (QED) is 0.847. The van der Waals surface area contributed by atoms with E-state index in [4.69, 9.17) is 4.74 Å². The van der Waals surface area contributed by atoms with Crippen LogP contribution in [0, 0.1) is 0 Å². The predicted octanol–water partition coefficient (Wildman–Crippen LogP) is 3.98. The van der Waals surface area contributed by atoms with Gasteiger partial charge in [0.1, 0.15) is 6.10 Å². The van der Waals surface area contributed by atoms with Crippen LogP contribution >= 0.6 is 15.9 Å². The van der Waals surface area contributed by atoms with E-state index in [2.05, 4.69) is 20.9 Å². The SMILES string of the molecule is CC(Oc1ccccn1)c1ccc(Br)cc1. The normalized spacial score (nSPS) is 12.1. The fourth-order valence-corrected chi connectivity index (χ4v) is 1.66. The molecule has 0 saturated carbocycles. The lowest BCUT2D eigenvalue weighted by molar-refractivity contribution is 0.217. The van der Waals surface area contributed by atoms with E-state index in [9.17, 15) is 0 Å². The summed E-state index contributed by atoms with van der Waals surface area (Å²) >= 11 is 3.41. The first-order valence-electron chi connectivity index (χ1n) is 5.09. The van der Waals surface area contributed by atoms with Gasteiger partial charge < -0.3 is 4.74 Å². The highest BCUT2D eigenvalue weighted by atomic mass is 79.9. The third-order valence-electron chi connectivity index (χ3n) is 2.27. The van der Waals surface area contributed by atoms with Crippen LogP contribution in [0.2, 0.25) is 0 Å². The molecule has 1 aromatic heterocycles. The molecule has 1 atom stereocenters. The summed E-state index contributed by atoms with van der Waals surface area (Å²) in [4.78, 5) is 4.13. The van der Waals surface area contributed by atoms with Crippen LogP contribution < -0.4 is 4.74 Å². The van der Waals surface area contributed by atoms with Crippen LogP contribution in [0.4, 0.5) is 0 Å². The molecule has 0 aliphatic heterocycles. The van der Waals surface area contributed by atoms with Crippen LogP contribution in [-0.2, 0) is 0 Å². The highest BCUT2D eigenvalue weighted by Gasteiger charge is 2.06. The molecule has 2 nitrogen and oxygen atoms in total. The molecule has 2 aromatic rings. The van der Waals surface area contributed by atoms with Crippen molar-refractivity contribution in [3.8, 4) is 5.88 Å². The second kappa shape index (κ2) is 5.12. The van der Waals surface area contributed by atoms with E-state index in [0.717, 1.165) is 10.0 Å². The molecular formula is C13H12BrNO. The molecule has 16 heavy (non-hydrogen) atoms. The lowest BCUT2D eigenvalue weighted by Gasteiger charge is -2.13. The van der Waals surface area contributed by atoms with Gasteiger partial charge in [-0.3, -0.25) is 0 Å². The van der Waals surface area contributed by atoms with Crippen LogP contribution in [0.3, 0.4) is 0 Å². The molecule has 0 radical (unpaired) electrons. The van der Waals surface area contributed by atoms with Gasteiger partial charge in [-0.2, -0.15) is 0 Å². The van der Waals surface area contributed by atoms with Crippen LogP contribution in [0.25, 0.3) is 0 Å². The van der Waals surface area contributed by atoms with Gasteiger partial charge in [0.2, 0.25) is 5.88 Å². The molecule has 0 aliphatic rings. The maximum absolute atomic E-state index is 5.71. The van der Waals surface area contributed by atoms with Gasteiger partial charge in [-0.25, -0.2) is 4.98 Å². The number of nitrogens with zero attached hydrogens (tertiary/aromatic N) is 1. The molecule has 0 spiro atoms. The van der Waals surface area contributed by atoms with Crippen molar-refractivity contribution in [3.05, 3.63) is 58.7 Å². The first-order chi connectivity index (χ1) is 7.75. The molecule has 2 rings (SSSR count). The van der Waals surface area contributed by atoms with Crippen molar-refractivity contribution in [2.75, 3.05) is 0 Å². The van der Waals surface area contributed by atoms with Gasteiger partial charge in [-0.05, 0) is 30.7 Å². The highest BCUT2D eigenvalue weighted by molar-refractivity contribution is 9.10. The van der Waals surface area contributed by atoms with Gasteiger partial charge in [0.15, 0.2) is 0 Å². The standard InChI is InChI=1S/C13H12BrNO/c1-10(11-5-7-12(14)8-6-11)16-13-4-2-3-9-15-13/h2-10H,1H3. The summed E-state index contributed by atoms with van der Waals surface area (Å²) in [5.41, 5.74) is 1.13. The lowest BCUT2D eigenvalue weighted by atomic mass is 10.1. The van der Waals surface area contributed by atoms with Crippen LogP contribution in [0.1, 0.15) is 18.6 Å². The maximum atomic E-state index is 5.71. The zero-order valence-corrected chi connectivity index (χ0v) is 10.5. The summed E-state index contributed by atoms with van der Waals surface area (Å²) < 4.78 is 6.78. The van der Waals surface area contributed by atoms with Crippen LogP contribution in [0.15, 0.2) is 53.1 Å². The molecule has 0 amide bonds. The first kappa shape index (κ1) is 11.1. The Hall–Kier alpha value is -1.35. The number of hydrogen-bond donors (Lipinski definition) is 0. The van der Waals surface area contributed by atoms with E-state index in [1.54, 1.807) is 6.20 Å². The first-order valence-corrected chi connectivity index (χ1v) is 5.88. The van der Waals surface area contributed by atoms with Crippen LogP contribution in [0.5, 0.6) is 5.88 Å². The van der Waals surface area contributed by atoms with Gasteiger partial charge in [0.25, 0.3) is 0 Å². The Bertz CT molecular complexity index is 441. The van der Waals surface area contributed by atoms with E-state index in [1.165, 1.54) is 0 Å². The van der Waals surface area contributed by atoms with Crippen molar-refractivity contribution in [3.63, 3.8) is 0 Å². The van der Waals surface area contributed by atoms with Crippen LogP contribution in [-0.4, -0.2) is 4.98 Å². The summed E-state index contributed by atoms with van der Waals surface area (Å²) in [6.07, 6.45) is 1.73. The van der Waals surface area contributed by atoms with E-state index in [-0.39, 0.29) is 6.10 Å². The molecule has 0 bridgehead atoms. The van der Waals surface area contributed by atoms with Gasteiger partial charge in [-0.1, -0.05) is 34.1 Å². The predicted molar refractivity (Wildman–Crippen MR) is 67.4 cm³/mol. The largest absolute Gasteiger partial charge is 0.470 e. The summed E-state index contributed by atoms with van der Waals surface area (Å²) in [5, 5.41) is 0. The monoisotopic (exact) mass is 277 g/mol. The van der Waals surface area contributed by atoms with Crippen molar-refractivity contribution in [1.82, 2.24) is 4.98 Å². The molecule has 3 heteroatoms. The van der Waals surface area contributed by atoms with E-state index < -0.39 is 0 Å². The third-order valence-corrected chi connectivity index (χ3v) is 2.80. The second-order valence-corrected chi connectivity index (χ2v) is 4.40. The minimum atomic E-state index is 0.00278. The Morgan fingerprint density at radius 2 is 1.88 bits per heavy atom. The Kier molecular flexibility index (Phi) is 3.57.